The molecule has 1 aliphatic rings. The first-order chi connectivity index (χ1) is 14.4. The summed E-state index contributed by atoms with van der Waals surface area (Å²) in [5.74, 6) is -0.780. The number of carbonyl (C=O) groups is 2. The summed E-state index contributed by atoms with van der Waals surface area (Å²) in [4.78, 5) is 38.4. The zero-order valence-corrected chi connectivity index (χ0v) is 19.4. The zero-order chi connectivity index (χ0) is 23.1. The van der Waals surface area contributed by atoms with E-state index in [9.17, 15) is 14.5 Å². The minimum atomic E-state index is -1.10. The van der Waals surface area contributed by atoms with Crippen LogP contribution in [0.1, 0.15) is 51.7 Å². The Bertz CT molecular complexity index is 1050. The largest absolute Gasteiger partial charge is 0.450 e. The SMILES string of the molecule is CCc1ccc(Oc2ccc(Cl)cc2[N+](C)=O)cc1C1C(=O)C(C)(C)OC(C)(C)C1=O. The van der Waals surface area contributed by atoms with E-state index >= 15 is 0 Å². The Morgan fingerprint density at radius 3 is 2.19 bits per heavy atom. The van der Waals surface area contributed by atoms with E-state index in [1.807, 2.05) is 13.0 Å². The van der Waals surface area contributed by atoms with E-state index in [1.54, 1.807) is 52.0 Å². The van der Waals surface area contributed by atoms with E-state index in [1.165, 1.54) is 13.1 Å². The van der Waals surface area contributed by atoms with Gasteiger partial charge in [0, 0.05) is 20.8 Å². The third kappa shape index (κ3) is 4.41. The Morgan fingerprint density at radius 2 is 1.65 bits per heavy atom. The molecule has 0 unspecified atom stereocenters. The summed E-state index contributed by atoms with van der Waals surface area (Å²) >= 11 is 6.01. The van der Waals surface area contributed by atoms with Crippen molar-refractivity contribution >= 4 is 28.9 Å². The van der Waals surface area contributed by atoms with Gasteiger partial charge < -0.3 is 9.47 Å². The summed E-state index contributed by atoms with van der Waals surface area (Å²) in [7, 11) is 1.35. The van der Waals surface area contributed by atoms with Gasteiger partial charge in [-0.2, -0.15) is 0 Å². The molecule has 0 aliphatic carbocycles. The first kappa shape index (κ1) is 23.1. The smallest absolute Gasteiger partial charge is 0.299 e. The molecule has 7 heteroatoms. The van der Waals surface area contributed by atoms with Crippen molar-refractivity contribution in [3.05, 3.63) is 57.5 Å². The maximum absolute atomic E-state index is 13.2. The lowest BCUT2D eigenvalue weighted by Crippen LogP contribution is -2.58. The Balaban J connectivity index is 2.09. The lowest BCUT2D eigenvalue weighted by Gasteiger charge is -2.43. The van der Waals surface area contributed by atoms with Gasteiger partial charge in [0.1, 0.15) is 22.9 Å². The molecule has 6 nitrogen and oxygen atoms in total. The van der Waals surface area contributed by atoms with Crippen LogP contribution in [0.5, 0.6) is 11.5 Å². The molecule has 0 bridgehead atoms. The number of ketones is 2. The predicted molar refractivity (Wildman–Crippen MR) is 119 cm³/mol. The Kier molecular flexibility index (Phi) is 6.09. The van der Waals surface area contributed by atoms with Gasteiger partial charge in [0.15, 0.2) is 18.6 Å². The number of ether oxygens (including phenoxy) is 2. The van der Waals surface area contributed by atoms with Crippen molar-refractivity contribution in [2.45, 2.75) is 58.2 Å². The molecule has 31 heavy (non-hydrogen) atoms. The molecule has 0 radical (unpaired) electrons. The highest BCUT2D eigenvalue weighted by Gasteiger charge is 2.53. The second kappa shape index (κ2) is 8.17. The van der Waals surface area contributed by atoms with E-state index in [4.69, 9.17) is 21.1 Å². The second-order valence-corrected chi connectivity index (χ2v) is 9.15. The van der Waals surface area contributed by atoms with Crippen LogP contribution in [0.4, 0.5) is 5.69 Å². The molecule has 0 saturated carbocycles. The molecule has 0 amide bonds. The van der Waals surface area contributed by atoms with E-state index in [0.29, 0.717) is 33.3 Å². The average Bonchev–Trinajstić information content (AvgIpc) is 2.67. The van der Waals surface area contributed by atoms with E-state index in [2.05, 4.69) is 0 Å². The maximum atomic E-state index is 13.2. The fourth-order valence-electron chi connectivity index (χ4n) is 4.01. The standard InChI is InChI=1S/C24H27ClNO5/c1-7-14-8-10-16(30-19-11-9-15(25)12-18(19)26(6)29)13-17(14)20-21(27)23(2,3)31-24(4,5)22(20)28/h8-13,20H,7H2,1-6H3/q+1. The Morgan fingerprint density at radius 1 is 1.03 bits per heavy atom. The van der Waals surface area contributed by atoms with Gasteiger partial charge in [0.2, 0.25) is 5.75 Å². The van der Waals surface area contributed by atoms with Crippen LogP contribution in [0.2, 0.25) is 5.02 Å². The van der Waals surface area contributed by atoms with Gasteiger partial charge in [-0.1, -0.05) is 24.6 Å². The first-order valence-corrected chi connectivity index (χ1v) is 10.5. The molecule has 1 heterocycles. The number of hydrogen-bond donors (Lipinski definition) is 0. The molecular weight excluding hydrogens is 418 g/mol. The summed E-state index contributed by atoms with van der Waals surface area (Å²) in [6.07, 6.45) is 0.643. The van der Waals surface area contributed by atoms with Crippen LogP contribution >= 0.6 is 11.6 Å². The molecule has 0 spiro atoms. The summed E-state index contributed by atoms with van der Waals surface area (Å²) in [5.41, 5.74) is -0.443. The minimum absolute atomic E-state index is 0.272. The second-order valence-electron chi connectivity index (χ2n) is 8.71. The van der Waals surface area contributed by atoms with Gasteiger partial charge in [0.05, 0.1) is 0 Å². The van der Waals surface area contributed by atoms with Gasteiger partial charge in [0.25, 0.3) is 5.69 Å². The predicted octanol–water partition coefficient (Wildman–Crippen LogP) is 5.54. The number of benzene rings is 2. The lowest BCUT2D eigenvalue weighted by atomic mass is 9.73. The fourth-order valence-corrected chi connectivity index (χ4v) is 4.18. The van der Waals surface area contributed by atoms with Crippen molar-refractivity contribution in [1.82, 2.24) is 0 Å². The number of halogens is 1. The Hall–Kier alpha value is -2.57. The van der Waals surface area contributed by atoms with Crippen LogP contribution in [0, 0.1) is 4.91 Å². The van der Waals surface area contributed by atoms with Crippen molar-refractivity contribution in [2.75, 3.05) is 7.05 Å². The van der Waals surface area contributed by atoms with Crippen molar-refractivity contribution in [1.29, 1.82) is 0 Å². The minimum Gasteiger partial charge on any atom is -0.450 e. The van der Waals surface area contributed by atoms with Crippen LogP contribution < -0.4 is 4.74 Å². The van der Waals surface area contributed by atoms with Crippen LogP contribution in [0.25, 0.3) is 0 Å². The zero-order valence-electron chi connectivity index (χ0n) is 18.6. The van der Waals surface area contributed by atoms with E-state index in [0.717, 1.165) is 5.56 Å². The quantitative estimate of drug-likeness (QED) is 0.447. The number of rotatable bonds is 5. The summed E-state index contributed by atoms with van der Waals surface area (Å²) in [6.45, 7) is 8.71. The molecule has 164 valence electrons. The molecule has 1 aliphatic heterocycles. The third-order valence-corrected chi connectivity index (χ3v) is 5.75. The topological polar surface area (TPSA) is 72.7 Å². The average molecular weight is 445 g/mol. The summed E-state index contributed by atoms with van der Waals surface area (Å²) in [6, 6.07) is 10.1. The van der Waals surface area contributed by atoms with E-state index in [-0.39, 0.29) is 17.3 Å². The summed E-state index contributed by atoms with van der Waals surface area (Å²) in [5, 5.41) is 0.412. The molecule has 3 rings (SSSR count). The molecule has 0 N–H and O–H groups in total. The molecule has 0 atom stereocenters. The van der Waals surface area contributed by atoms with Gasteiger partial charge in [-0.05, 0) is 69.5 Å². The van der Waals surface area contributed by atoms with Gasteiger partial charge >= 0.3 is 0 Å². The Labute approximate surface area is 187 Å². The van der Waals surface area contributed by atoms with Crippen LogP contribution in [-0.4, -0.2) is 34.6 Å². The molecule has 1 saturated heterocycles. The van der Waals surface area contributed by atoms with Gasteiger partial charge in [-0.15, -0.1) is 0 Å². The number of carbonyl (C=O) groups excluding carboxylic acids is 2. The normalized spacial score (nSPS) is 18.2. The van der Waals surface area contributed by atoms with Crippen molar-refractivity contribution in [3.8, 4) is 11.5 Å². The number of aryl methyl sites for hydroxylation is 1. The van der Waals surface area contributed by atoms with E-state index < -0.39 is 17.1 Å². The lowest BCUT2D eigenvalue weighted by molar-refractivity contribution is -0.428. The molecule has 1 fully saturated rings. The molecule has 2 aromatic carbocycles. The highest BCUT2D eigenvalue weighted by atomic mass is 35.5. The maximum Gasteiger partial charge on any atom is 0.299 e. The van der Waals surface area contributed by atoms with Crippen molar-refractivity contribution in [3.63, 3.8) is 0 Å². The number of hydrogen-bond acceptors (Lipinski definition) is 5. The number of nitroso groups, excluding NO2 is 1. The van der Waals surface area contributed by atoms with Crippen molar-refractivity contribution < 1.29 is 23.8 Å². The molecule has 0 aromatic heterocycles. The first-order valence-electron chi connectivity index (χ1n) is 10.2. The van der Waals surface area contributed by atoms with Crippen molar-refractivity contribution in [2.24, 2.45) is 0 Å². The van der Waals surface area contributed by atoms with Gasteiger partial charge in [-0.25, -0.2) is 0 Å². The van der Waals surface area contributed by atoms with Crippen LogP contribution in [0.15, 0.2) is 36.4 Å². The van der Waals surface area contributed by atoms with Gasteiger partial charge in [-0.3, -0.25) is 9.59 Å². The number of Topliss-reactive ketones (excluding diaryl/α,β-unsaturated/α-hetero) is 2. The molecule has 2 aromatic rings. The third-order valence-electron chi connectivity index (χ3n) is 5.52. The monoisotopic (exact) mass is 444 g/mol. The van der Waals surface area contributed by atoms with Crippen LogP contribution in [0.3, 0.4) is 0 Å². The number of nitrogens with zero attached hydrogens (tertiary/aromatic N) is 1. The fraction of sp³-hybridized carbons (Fsp3) is 0.417. The van der Waals surface area contributed by atoms with Crippen LogP contribution in [-0.2, 0) is 20.7 Å². The molecular formula is C24H27ClNO5+. The summed E-state index contributed by atoms with van der Waals surface area (Å²) < 4.78 is 12.4. The highest BCUT2D eigenvalue weighted by Crippen LogP contribution is 2.41. The highest BCUT2D eigenvalue weighted by molar-refractivity contribution is 6.30.